The summed E-state index contributed by atoms with van der Waals surface area (Å²) in [5.41, 5.74) is 3.35. The van der Waals surface area contributed by atoms with E-state index >= 15 is 0 Å². The first-order chi connectivity index (χ1) is 13.7. The van der Waals surface area contributed by atoms with Crippen LogP contribution in [0.3, 0.4) is 0 Å². The van der Waals surface area contributed by atoms with Crippen molar-refractivity contribution in [3.63, 3.8) is 0 Å². The van der Waals surface area contributed by atoms with E-state index in [9.17, 15) is 15.0 Å². The molecule has 4 rings (SSSR count). The molecular weight excluding hydrogens is 364 g/mol. The van der Waals surface area contributed by atoms with E-state index in [4.69, 9.17) is 0 Å². The third-order valence-electron chi connectivity index (χ3n) is 5.96. The molecule has 0 spiro atoms. The number of carbonyl (C=O) groups excluding carboxylic acids is 1. The van der Waals surface area contributed by atoms with Crippen molar-refractivity contribution in [2.24, 2.45) is 0 Å². The fraction of sp³-hybridized carbons (Fsp3) is 0.375. The molecule has 0 bridgehead atoms. The fourth-order valence-corrected chi connectivity index (χ4v) is 4.15. The van der Waals surface area contributed by atoms with E-state index in [1.54, 1.807) is 6.07 Å². The first-order valence-corrected chi connectivity index (χ1v) is 10.1. The lowest BCUT2D eigenvalue weighted by atomic mass is 9.92. The number of phenolic OH excluding ortho intramolecular Hbond substituents is 2. The van der Waals surface area contributed by atoms with Crippen molar-refractivity contribution in [1.29, 1.82) is 0 Å². The molecular formula is C24H28N2O3. The summed E-state index contributed by atoms with van der Waals surface area (Å²) in [6, 6.07) is 12.9. The van der Waals surface area contributed by atoms with Gasteiger partial charge in [-0.05, 0) is 61.7 Å². The number of rotatable bonds is 4. The molecule has 29 heavy (non-hydrogen) atoms. The highest BCUT2D eigenvalue weighted by Crippen LogP contribution is 2.50. The molecule has 1 aromatic heterocycles. The molecule has 2 aromatic carbocycles. The van der Waals surface area contributed by atoms with Gasteiger partial charge in [-0.25, -0.2) is 0 Å². The van der Waals surface area contributed by atoms with Crippen LogP contribution in [0, 0.1) is 0 Å². The first-order valence-electron chi connectivity index (χ1n) is 10.1. The second-order valence-corrected chi connectivity index (χ2v) is 9.04. The van der Waals surface area contributed by atoms with Crippen LogP contribution in [0.2, 0.25) is 0 Å². The largest absolute Gasteiger partial charge is 0.504 e. The number of fused-ring (bicyclic) bond motifs is 1. The molecule has 5 heteroatoms. The number of hydrogen-bond donors (Lipinski definition) is 3. The second-order valence-electron chi connectivity index (χ2n) is 9.04. The summed E-state index contributed by atoms with van der Waals surface area (Å²) in [5, 5.41) is 23.5. The molecule has 1 fully saturated rings. The highest BCUT2D eigenvalue weighted by Gasteiger charge is 2.51. The zero-order valence-corrected chi connectivity index (χ0v) is 17.4. The Bertz CT molecular complexity index is 1100. The fourth-order valence-electron chi connectivity index (χ4n) is 4.15. The molecule has 1 saturated carbocycles. The number of hydrogen-bond acceptors (Lipinski definition) is 3. The lowest BCUT2D eigenvalue weighted by molar-refractivity contribution is -0.118. The quantitative estimate of drug-likeness (QED) is 0.545. The van der Waals surface area contributed by atoms with Crippen molar-refractivity contribution in [3.05, 3.63) is 53.7 Å². The normalized spacial score (nSPS) is 15.4. The van der Waals surface area contributed by atoms with Crippen LogP contribution in [0.25, 0.3) is 10.9 Å². The monoisotopic (exact) mass is 392 g/mol. The zero-order valence-electron chi connectivity index (χ0n) is 17.4. The van der Waals surface area contributed by atoms with E-state index in [-0.39, 0.29) is 22.8 Å². The number of nitrogens with zero attached hydrogens (tertiary/aromatic N) is 1. The molecule has 0 saturated heterocycles. The molecule has 3 aromatic rings. The minimum absolute atomic E-state index is 0.0391. The van der Waals surface area contributed by atoms with Gasteiger partial charge in [-0.15, -0.1) is 0 Å². The Morgan fingerprint density at radius 3 is 2.38 bits per heavy atom. The lowest BCUT2D eigenvalue weighted by Crippen LogP contribution is -2.27. The van der Waals surface area contributed by atoms with Crippen LogP contribution >= 0.6 is 0 Å². The Labute approximate surface area is 171 Å². The van der Waals surface area contributed by atoms with Gasteiger partial charge >= 0.3 is 0 Å². The van der Waals surface area contributed by atoms with Crippen molar-refractivity contribution in [1.82, 2.24) is 4.57 Å². The van der Waals surface area contributed by atoms with Crippen LogP contribution in [0.5, 0.6) is 11.5 Å². The van der Waals surface area contributed by atoms with Gasteiger partial charge in [0.05, 0.1) is 5.41 Å². The van der Waals surface area contributed by atoms with E-state index in [1.165, 1.54) is 23.3 Å². The summed E-state index contributed by atoms with van der Waals surface area (Å²) in [6.07, 6.45) is 1.46. The van der Waals surface area contributed by atoms with E-state index in [0.29, 0.717) is 0 Å². The Balaban J connectivity index is 1.64. The van der Waals surface area contributed by atoms with Crippen molar-refractivity contribution in [3.8, 4) is 11.5 Å². The number of carbonyl (C=O) groups is 1. The van der Waals surface area contributed by atoms with Gasteiger partial charge < -0.3 is 20.1 Å². The summed E-state index contributed by atoms with van der Waals surface area (Å²) in [4.78, 5) is 13.1. The van der Waals surface area contributed by atoms with Gasteiger partial charge in [-0.1, -0.05) is 26.8 Å². The van der Waals surface area contributed by atoms with Crippen molar-refractivity contribution >= 4 is 22.5 Å². The van der Waals surface area contributed by atoms with Crippen molar-refractivity contribution in [2.45, 2.75) is 57.9 Å². The molecule has 0 aliphatic heterocycles. The molecule has 1 heterocycles. The maximum atomic E-state index is 13.1. The van der Waals surface area contributed by atoms with E-state index in [2.05, 4.69) is 49.7 Å². The highest BCUT2D eigenvalue weighted by molar-refractivity contribution is 6.02. The summed E-state index contributed by atoms with van der Waals surface area (Å²) < 4.78 is 2.32. The van der Waals surface area contributed by atoms with Crippen molar-refractivity contribution < 1.29 is 15.0 Å². The van der Waals surface area contributed by atoms with Gasteiger partial charge in [-0.2, -0.15) is 0 Å². The number of nitrogens with one attached hydrogen (secondary N) is 1. The van der Waals surface area contributed by atoms with Gasteiger partial charge in [0.15, 0.2) is 11.5 Å². The topological polar surface area (TPSA) is 74.5 Å². The molecule has 1 amide bonds. The third-order valence-corrected chi connectivity index (χ3v) is 5.96. The molecule has 0 atom stereocenters. The molecule has 152 valence electrons. The number of benzene rings is 2. The second kappa shape index (κ2) is 6.55. The SMILES string of the molecule is CCn1c(C(C)(C)C)cc2cc(NC(=O)C3(c4ccc(O)c(O)c4)CC3)ccc21. The average Bonchev–Trinajstić information content (AvgIpc) is 3.38. The van der Waals surface area contributed by atoms with Crippen LogP contribution in [0.4, 0.5) is 5.69 Å². The van der Waals surface area contributed by atoms with Crippen LogP contribution in [0.1, 0.15) is 51.8 Å². The maximum Gasteiger partial charge on any atom is 0.235 e. The Kier molecular flexibility index (Phi) is 4.37. The number of amides is 1. The number of anilines is 1. The van der Waals surface area contributed by atoms with E-state index < -0.39 is 5.41 Å². The molecule has 3 N–H and O–H groups in total. The summed E-state index contributed by atoms with van der Waals surface area (Å²) >= 11 is 0. The smallest absolute Gasteiger partial charge is 0.235 e. The predicted molar refractivity (Wildman–Crippen MR) is 116 cm³/mol. The standard InChI is InChI=1S/C24H28N2O3/c1-5-26-18-8-7-17(12-15(18)13-21(26)23(2,3)4)25-22(29)24(10-11-24)16-6-9-19(27)20(28)14-16/h6-9,12-14,27-28H,5,10-11H2,1-4H3,(H,25,29). The van der Waals surface area contributed by atoms with Gasteiger partial charge in [-0.3, -0.25) is 4.79 Å². The maximum absolute atomic E-state index is 13.1. The molecule has 0 unspecified atom stereocenters. The number of phenols is 2. The Hall–Kier alpha value is -2.95. The van der Waals surface area contributed by atoms with Gasteiger partial charge in [0.1, 0.15) is 0 Å². The number of aromatic hydroxyl groups is 2. The van der Waals surface area contributed by atoms with Crippen LogP contribution in [-0.2, 0) is 22.2 Å². The molecule has 5 nitrogen and oxygen atoms in total. The summed E-state index contributed by atoms with van der Waals surface area (Å²) in [5.74, 6) is -0.447. The van der Waals surface area contributed by atoms with E-state index in [0.717, 1.165) is 36.0 Å². The summed E-state index contributed by atoms with van der Waals surface area (Å²) in [6.45, 7) is 9.67. The lowest BCUT2D eigenvalue weighted by Gasteiger charge is -2.21. The van der Waals surface area contributed by atoms with Crippen LogP contribution in [0.15, 0.2) is 42.5 Å². The Morgan fingerprint density at radius 2 is 1.79 bits per heavy atom. The minimum atomic E-state index is -0.633. The average molecular weight is 392 g/mol. The number of aryl methyl sites for hydroxylation is 1. The van der Waals surface area contributed by atoms with Crippen LogP contribution in [-0.4, -0.2) is 20.7 Å². The molecule has 0 radical (unpaired) electrons. The minimum Gasteiger partial charge on any atom is -0.504 e. The van der Waals surface area contributed by atoms with Gasteiger partial charge in [0.25, 0.3) is 0 Å². The number of aromatic nitrogens is 1. The zero-order chi connectivity index (χ0) is 21.0. The predicted octanol–water partition coefficient (Wildman–Crippen LogP) is 5.04. The molecule has 1 aliphatic carbocycles. The van der Waals surface area contributed by atoms with Gasteiger partial charge in [0.2, 0.25) is 5.91 Å². The summed E-state index contributed by atoms with van der Waals surface area (Å²) in [7, 11) is 0. The van der Waals surface area contributed by atoms with Gasteiger partial charge in [0, 0.05) is 34.2 Å². The van der Waals surface area contributed by atoms with Crippen molar-refractivity contribution in [2.75, 3.05) is 5.32 Å². The van der Waals surface area contributed by atoms with E-state index in [1.807, 2.05) is 12.1 Å². The highest BCUT2D eigenvalue weighted by atomic mass is 16.3. The molecule has 1 aliphatic rings. The first kappa shape index (κ1) is 19.4. The Morgan fingerprint density at radius 1 is 1.07 bits per heavy atom. The van der Waals surface area contributed by atoms with Crippen LogP contribution < -0.4 is 5.32 Å². The third kappa shape index (κ3) is 3.24.